The average molecular weight is 239 g/mol. The van der Waals surface area contributed by atoms with Crippen molar-refractivity contribution in [1.29, 1.82) is 0 Å². The normalized spacial score (nSPS) is 36.0. The number of ether oxygens (including phenoxy) is 2. The van der Waals surface area contributed by atoms with Gasteiger partial charge in [-0.05, 0) is 31.1 Å². The Morgan fingerprint density at radius 2 is 1.59 bits per heavy atom. The zero-order valence-corrected chi connectivity index (χ0v) is 11.1. The van der Waals surface area contributed by atoms with E-state index in [1.165, 1.54) is 25.7 Å². The molecule has 2 aliphatic carbocycles. The highest BCUT2D eigenvalue weighted by molar-refractivity contribution is 4.97. The third-order valence-corrected chi connectivity index (χ3v) is 5.02. The molecule has 0 aromatic carbocycles. The second kappa shape index (κ2) is 4.22. The summed E-state index contributed by atoms with van der Waals surface area (Å²) in [7, 11) is 0. The van der Waals surface area contributed by atoms with Gasteiger partial charge in [0.1, 0.15) is 0 Å². The lowest BCUT2D eigenvalue weighted by atomic mass is 9.67. The molecule has 3 rings (SSSR count). The Morgan fingerprint density at radius 3 is 2.06 bits per heavy atom. The van der Waals surface area contributed by atoms with E-state index < -0.39 is 0 Å². The highest BCUT2D eigenvalue weighted by Crippen LogP contribution is 2.42. The Bertz CT molecular complexity index is 274. The van der Waals surface area contributed by atoms with Crippen LogP contribution in [0.25, 0.3) is 0 Å². The van der Waals surface area contributed by atoms with Gasteiger partial charge in [0, 0.05) is 24.9 Å². The molecule has 0 aromatic heterocycles. The molecular weight excluding hydrogens is 214 g/mol. The van der Waals surface area contributed by atoms with Crippen LogP contribution in [0.4, 0.5) is 0 Å². The van der Waals surface area contributed by atoms with Gasteiger partial charge in [0.2, 0.25) is 0 Å². The summed E-state index contributed by atoms with van der Waals surface area (Å²) in [5.74, 6) is -0.201. The van der Waals surface area contributed by atoms with E-state index in [2.05, 4.69) is 19.2 Å². The van der Waals surface area contributed by atoms with Crippen LogP contribution in [-0.2, 0) is 9.47 Å². The molecule has 1 unspecified atom stereocenters. The van der Waals surface area contributed by atoms with Crippen LogP contribution < -0.4 is 5.32 Å². The van der Waals surface area contributed by atoms with Crippen LogP contribution in [0.15, 0.2) is 0 Å². The average Bonchev–Trinajstić information content (AvgIpc) is 2.76. The molecule has 1 aliphatic heterocycles. The van der Waals surface area contributed by atoms with Crippen molar-refractivity contribution < 1.29 is 9.47 Å². The van der Waals surface area contributed by atoms with Crippen LogP contribution in [0.3, 0.4) is 0 Å². The largest absolute Gasteiger partial charge is 0.348 e. The molecule has 0 aromatic rings. The first-order valence-electron chi connectivity index (χ1n) is 7.14. The molecule has 3 aliphatic rings. The minimum Gasteiger partial charge on any atom is -0.348 e. The Hall–Kier alpha value is -0.120. The van der Waals surface area contributed by atoms with Crippen LogP contribution in [0.5, 0.6) is 0 Å². The molecule has 3 heteroatoms. The summed E-state index contributed by atoms with van der Waals surface area (Å²) in [5.41, 5.74) is 0.509. The second-order valence-electron chi connectivity index (χ2n) is 6.63. The molecule has 1 saturated heterocycles. The number of rotatable bonds is 2. The van der Waals surface area contributed by atoms with Crippen molar-refractivity contribution >= 4 is 0 Å². The topological polar surface area (TPSA) is 30.5 Å². The molecule has 98 valence electrons. The highest BCUT2D eigenvalue weighted by atomic mass is 16.7. The molecule has 0 radical (unpaired) electrons. The third kappa shape index (κ3) is 2.25. The first kappa shape index (κ1) is 11.9. The van der Waals surface area contributed by atoms with Crippen molar-refractivity contribution in [2.24, 2.45) is 5.41 Å². The lowest BCUT2D eigenvalue weighted by Crippen LogP contribution is -2.55. The van der Waals surface area contributed by atoms with Crippen LogP contribution in [0.1, 0.15) is 52.4 Å². The summed E-state index contributed by atoms with van der Waals surface area (Å²) in [4.78, 5) is 0. The van der Waals surface area contributed by atoms with Gasteiger partial charge in [-0.1, -0.05) is 13.8 Å². The van der Waals surface area contributed by atoms with Gasteiger partial charge in [-0.25, -0.2) is 0 Å². The quantitative estimate of drug-likeness (QED) is 0.803. The summed E-state index contributed by atoms with van der Waals surface area (Å²) in [6.07, 6.45) is 7.25. The molecule has 1 atom stereocenters. The highest BCUT2D eigenvalue weighted by Gasteiger charge is 2.43. The molecule has 1 heterocycles. The summed E-state index contributed by atoms with van der Waals surface area (Å²) in [5, 5.41) is 3.84. The Balaban J connectivity index is 1.48. The van der Waals surface area contributed by atoms with Crippen molar-refractivity contribution in [3.8, 4) is 0 Å². The minimum absolute atomic E-state index is 0.201. The molecular formula is C14H25NO2. The molecule has 1 spiro atoms. The van der Waals surface area contributed by atoms with Crippen molar-refractivity contribution in [2.75, 3.05) is 13.2 Å². The predicted molar refractivity (Wildman–Crippen MR) is 66.8 cm³/mol. The SMILES string of the molecule is CC1(C)CCC1NC1CCC2(CC1)OCCO2. The smallest absolute Gasteiger partial charge is 0.168 e. The molecule has 3 nitrogen and oxygen atoms in total. The number of hydrogen-bond donors (Lipinski definition) is 1. The molecule has 0 amide bonds. The first-order valence-corrected chi connectivity index (χ1v) is 7.14. The van der Waals surface area contributed by atoms with E-state index in [4.69, 9.17) is 9.47 Å². The Kier molecular flexibility index (Phi) is 2.96. The maximum absolute atomic E-state index is 5.77. The van der Waals surface area contributed by atoms with Gasteiger partial charge in [-0.3, -0.25) is 0 Å². The van der Waals surface area contributed by atoms with Crippen molar-refractivity contribution in [3.05, 3.63) is 0 Å². The second-order valence-corrected chi connectivity index (χ2v) is 6.63. The number of nitrogens with one attached hydrogen (secondary N) is 1. The van der Waals surface area contributed by atoms with Gasteiger partial charge >= 0.3 is 0 Å². The van der Waals surface area contributed by atoms with Crippen molar-refractivity contribution in [1.82, 2.24) is 5.32 Å². The van der Waals surface area contributed by atoms with E-state index >= 15 is 0 Å². The Labute approximate surface area is 104 Å². The minimum atomic E-state index is -0.201. The van der Waals surface area contributed by atoms with Crippen LogP contribution >= 0.6 is 0 Å². The Morgan fingerprint density at radius 1 is 0.941 bits per heavy atom. The monoisotopic (exact) mass is 239 g/mol. The summed E-state index contributed by atoms with van der Waals surface area (Å²) in [6, 6.07) is 1.41. The summed E-state index contributed by atoms with van der Waals surface area (Å²) >= 11 is 0. The molecule has 1 N–H and O–H groups in total. The van der Waals surface area contributed by atoms with E-state index in [1.54, 1.807) is 0 Å². The van der Waals surface area contributed by atoms with Crippen molar-refractivity contribution in [3.63, 3.8) is 0 Å². The zero-order chi connectivity index (χ0) is 11.9. The fraction of sp³-hybridized carbons (Fsp3) is 1.00. The first-order chi connectivity index (χ1) is 8.10. The van der Waals surface area contributed by atoms with Crippen molar-refractivity contribution in [2.45, 2.75) is 70.2 Å². The van der Waals surface area contributed by atoms with Gasteiger partial charge in [-0.15, -0.1) is 0 Å². The zero-order valence-electron chi connectivity index (χ0n) is 11.1. The predicted octanol–water partition coefficient (Wildman–Crippen LogP) is 2.45. The van der Waals surface area contributed by atoms with E-state index in [0.29, 0.717) is 11.5 Å². The lowest BCUT2D eigenvalue weighted by Gasteiger charge is -2.48. The van der Waals surface area contributed by atoms with E-state index in [1.807, 2.05) is 0 Å². The fourth-order valence-corrected chi connectivity index (χ4v) is 3.47. The summed E-state index contributed by atoms with van der Waals surface area (Å²) in [6.45, 7) is 6.32. The third-order valence-electron chi connectivity index (χ3n) is 5.02. The number of hydrogen-bond acceptors (Lipinski definition) is 3. The molecule has 17 heavy (non-hydrogen) atoms. The van der Waals surface area contributed by atoms with Gasteiger partial charge in [0.05, 0.1) is 13.2 Å². The maximum atomic E-state index is 5.77. The van der Waals surface area contributed by atoms with Crippen LogP contribution in [-0.4, -0.2) is 31.1 Å². The van der Waals surface area contributed by atoms with Crippen LogP contribution in [0, 0.1) is 5.41 Å². The maximum Gasteiger partial charge on any atom is 0.168 e. The van der Waals surface area contributed by atoms with E-state index in [9.17, 15) is 0 Å². The van der Waals surface area contributed by atoms with Crippen LogP contribution in [0.2, 0.25) is 0 Å². The van der Waals surface area contributed by atoms with Gasteiger partial charge in [0.25, 0.3) is 0 Å². The van der Waals surface area contributed by atoms with Gasteiger partial charge in [0.15, 0.2) is 5.79 Å². The lowest BCUT2D eigenvalue weighted by molar-refractivity contribution is -0.180. The van der Waals surface area contributed by atoms with Gasteiger partial charge in [-0.2, -0.15) is 0 Å². The molecule has 3 fully saturated rings. The molecule has 2 saturated carbocycles. The van der Waals surface area contributed by atoms with E-state index in [-0.39, 0.29) is 5.79 Å². The van der Waals surface area contributed by atoms with Gasteiger partial charge < -0.3 is 14.8 Å². The van der Waals surface area contributed by atoms with E-state index in [0.717, 1.165) is 32.1 Å². The molecule has 0 bridgehead atoms. The standard InChI is InChI=1S/C14H25NO2/c1-13(2)6-5-12(13)15-11-3-7-14(8-4-11)16-9-10-17-14/h11-12,15H,3-10H2,1-2H3. The fourth-order valence-electron chi connectivity index (χ4n) is 3.47. The summed E-state index contributed by atoms with van der Waals surface area (Å²) < 4.78 is 11.5.